The van der Waals surface area contributed by atoms with Gasteiger partial charge in [-0.25, -0.2) is 4.98 Å². The maximum atomic E-state index is 6.22. The molecule has 0 unspecified atom stereocenters. The monoisotopic (exact) mass is 381 g/mol. The number of hydrogen-bond acceptors (Lipinski definition) is 6. The van der Waals surface area contributed by atoms with Gasteiger partial charge in [-0.05, 0) is 44.2 Å². The second kappa shape index (κ2) is 7.41. The standard InChI is InChI=1S/C22H27N3O3/c1-15-24-13-19(16-5-7-22(8-6-16)27-10-11-28-22)21(25-15)26-14-17-12-18(17)20-4-2-3-9-23-20/h2-4,9,13,16-18H,5-8,10-12,14H2,1H3/t17-,18+/m1/s1. The Balaban J connectivity index is 1.24. The molecule has 2 aromatic rings. The highest BCUT2D eigenvalue weighted by molar-refractivity contribution is 5.29. The number of aromatic nitrogens is 3. The van der Waals surface area contributed by atoms with Gasteiger partial charge < -0.3 is 14.2 Å². The lowest BCUT2D eigenvalue weighted by Gasteiger charge is -2.35. The molecule has 1 saturated heterocycles. The average Bonchev–Trinajstić information content (AvgIpc) is 3.38. The molecular weight excluding hydrogens is 354 g/mol. The van der Waals surface area contributed by atoms with Gasteiger partial charge in [-0.1, -0.05) is 6.07 Å². The van der Waals surface area contributed by atoms with Crippen LogP contribution in [0.5, 0.6) is 5.88 Å². The molecule has 0 amide bonds. The Morgan fingerprint density at radius 3 is 2.71 bits per heavy atom. The Morgan fingerprint density at radius 2 is 1.96 bits per heavy atom. The zero-order chi connectivity index (χ0) is 19.0. The summed E-state index contributed by atoms with van der Waals surface area (Å²) < 4.78 is 18.0. The molecule has 2 aromatic heterocycles. The van der Waals surface area contributed by atoms with Crippen LogP contribution in [0.1, 0.15) is 61.0 Å². The second-order valence-electron chi connectivity index (χ2n) is 8.23. The van der Waals surface area contributed by atoms with Gasteiger partial charge in [0.25, 0.3) is 0 Å². The first kappa shape index (κ1) is 18.0. The van der Waals surface area contributed by atoms with Gasteiger partial charge in [0.1, 0.15) is 5.82 Å². The summed E-state index contributed by atoms with van der Waals surface area (Å²) in [6.45, 7) is 4.03. The van der Waals surface area contributed by atoms with E-state index < -0.39 is 0 Å². The van der Waals surface area contributed by atoms with E-state index in [9.17, 15) is 0 Å². The molecule has 3 heterocycles. The molecule has 6 heteroatoms. The van der Waals surface area contributed by atoms with E-state index in [0.29, 0.717) is 37.6 Å². The summed E-state index contributed by atoms with van der Waals surface area (Å²) in [6, 6.07) is 6.12. The summed E-state index contributed by atoms with van der Waals surface area (Å²) in [5, 5.41) is 0. The van der Waals surface area contributed by atoms with Crippen LogP contribution >= 0.6 is 0 Å². The lowest BCUT2D eigenvalue weighted by atomic mass is 9.81. The van der Waals surface area contributed by atoms with E-state index in [0.717, 1.165) is 49.4 Å². The Hall–Kier alpha value is -2.05. The lowest BCUT2D eigenvalue weighted by molar-refractivity contribution is -0.178. The Bertz CT molecular complexity index is 813. The van der Waals surface area contributed by atoms with Crippen molar-refractivity contribution in [2.45, 2.75) is 56.7 Å². The first-order chi connectivity index (χ1) is 13.7. The number of hydrogen-bond donors (Lipinski definition) is 0. The predicted octanol–water partition coefficient (Wildman–Crippen LogP) is 3.76. The van der Waals surface area contributed by atoms with E-state index in [1.807, 2.05) is 25.4 Å². The molecular formula is C22H27N3O3. The topological polar surface area (TPSA) is 66.4 Å². The molecule has 6 nitrogen and oxygen atoms in total. The van der Waals surface area contributed by atoms with E-state index in [-0.39, 0.29) is 5.79 Å². The van der Waals surface area contributed by atoms with Gasteiger partial charge in [-0.2, -0.15) is 4.98 Å². The van der Waals surface area contributed by atoms with Crippen LogP contribution in [0, 0.1) is 12.8 Å². The molecule has 3 aliphatic rings. The van der Waals surface area contributed by atoms with Crippen LogP contribution in [0.25, 0.3) is 0 Å². The van der Waals surface area contributed by atoms with Gasteiger partial charge in [0.05, 0.1) is 19.8 Å². The summed E-state index contributed by atoms with van der Waals surface area (Å²) >= 11 is 0. The van der Waals surface area contributed by atoms with Crippen LogP contribution < -0.4 is 4.74 Å². The zero-order valence-electron chi connectivity index (χ0n) is 16.3. The van der Waals surface area contributed by atoms with Gasteiger partial charge in [-0.15, -0.1) is 0 Å². The molecule has 1 spiro atoms. The van der Waals surface area contributed by atoms with Crippen LogP contribution in [-0.4, -0.2) is 40.6 Å². The van der Waals surface area contributed by atoms with Crippen molar-refractivity contribution in [3.63, 3.8) is 0 Å². The molecule has 2 aliphatic carbocycles. The van der Waals surface area contributed by atoms with E-state index in [4.69, 9.17) is 14.2 Å². The van der Waals surface area contributed by atoms with Crippen LogP contribution in [-0.2, 0) is 9.47 Å². The Kier molecular flexibility index (Phi) is 4.77. The Morgan fingerprint density at radius 1 is 1.14 bits per heavy atom. The molecule has 0 radical (unpaired) electrons. The van der Waals surface area contributed by atoms with Crippen molar-refractivity contribution in [1.29, 1.82) is 0 Å². The first-order valence-corrected chi connectivity index (χ1v) is 10.4. The van der Waals surface area contributed by atoms with Crippen molar-refractivity contribution in [3.8, 4) is 5.88 Å². The molecule has 5 rings (SSSR count). The smallest absolute Gasteiger partial charge is 0.220 e. The summed E-state index contributed by atoms with van der Waals surface area (Å²) in [6.07, 6.45) is 8.85. The molecule has 148 valence electrons. The molecule has 2 saturated carbocycles. The van der Waals surface area contributed by atoms with Gasteiger partial charge in [-0.3, -0.25) is 4.98 Å². The SMILES string of the molecule is Cc1ncc(C2CCC3(CC2)OCCO3)c(OC[C@H]2C[C@@H]2c2ccccn2)n1. The molecule has 3 fully saturated rings. The van der Waals surface area contributed by atoms with E-state index in [1.165, 1.54) is 5.69 Å². The van der Waals surface area contributed by atoms with Crippen LogP contribution in [0.4, 0.5) is 0 Å². The summed E-state index contributed by atoms with van der Waals surface area (Å²) in [7, 11) is 0. The first-order valence-electron chi connectivity index (χ1n) is 10.4. The van der Waals surface area contributed by atoms with E-state index >= 15 is 0 Å². The van der Waals surface area contributed by atoms with Crippen molar-refractivity contribution in [3.05, 3.63) is 47.7 Å². The van der Waals surface area contributed by atoms with Crippen molar-refractivity contribution >= 4 is 0 Å². The third-order valence-corrected chi connectivity index (χ3v) is 6.33. The Labute approximate surface area is 165 Å². The minimum absolute atomic E-state index is 0.340. The third-order valence-electron chi connectivity index (χ3n) is 6.33. The van der Waals surface area contributed by atoms with E-state index in [2.05, 4.69) is 27.1 Å². The largest absolute Gasteiger partial charge is 0.477 e. The molecule has 0 bridgehead atoms. The quantitative estimate of drug-likeness (QED) is 0.786. The minimum atomic E-state index is -0.340. The van der Waals surface area contributed by atoms with Crippen molar-refractivity contribution in [2.24, 2.45) is 5.92 Å². The van der Waals surface area contributed by atoms with E-state index in [1.54, 1.807) is 0 Å². The fourth-order valence-corrected chi connectivity index (χ4v) is 4.58. The van der Waals surface area contributed by atoms with Gasteiger partial charge in [0.2, 0.25) is 5.88 Å². The molecule has 28 heavy (non-hydrogen) atoms. The average molecular weight is 381 g/mol. The molecule has 1 aliphatic heterocycles. The van der Waals surface area contributed by atoms with Gasteiger partial charge in [0, 0.05) is 48.3 Å². The van der Waals surface area contributed by atoms with Crippen LogP contribution in [0.15, 0.2) is 30.6 Å². The third kappa shape index (κ3) is 3.63. The number of rotatable bonds is 5. The van der Waals surface area contributed by atoms with Crippen molar-refractivity contribution in [2.75, 3.05) is 19.8 Å². The highest BCUT2D eigenvalue weighted by Crippen LogP contribution is 2.47. The highest BCUT2D eigenvalue weighted by Gasteiger charge is 2.42. The fraction of sp³-hybridized carbons (Fsp3) is 0.591. The molecule has 0 N–H and O–H groups in total. The second-order valence-corrected chi connectivity index (χ2v) is 8.23. The lowest BCUT2D eigenvalue weighted by Crippen LogP contribution is -2.34. The van der Waals surface area contributed by atoms with Crippen molar-refractivity contribution in [1.82, 2.24) is 15.0 Å². The van der Waals surface area contributed by atoms with Gasteiger partial charge >= 0.3 is 0 Å². The zero-order valence-corrected chi connectivity index (χ0v) is 16.3. The predicted molar refractivity (Wildman–Crippen MR) is 103 cm³/mol. The fourth-order valence-electron chi connectivity index (χ4n) is 4.58. The number of nitrogens with zero attached hydrogens (tertiary/aromatic N) is 3. The number of ether oxygens (including phenoxy) is 3. The summed E-state index contributed by atoms with van der Waals surface area (Å²) in [5.74, 6) is 2.61. The number of pyridine rings is 1. The normalized spacial score (nSPS) is 26.5. The number of aryl methyl sites for hydroxylation is 1. The summed E-state index contributed by atoms with van der Waals surface area (Å²) in [5.41, 5.74) is 2.30. The van der Waals surface area contributed by atoms with Gasteiger partial charge in [0.15, 0.2) is 5.79 Å². The maximum Gasteiger partial charge on any atom is 0.220 e. The summed E-state index contributed by atoms with van der Waals surface area (Å²) in [4.78, 5) is 13.6. The maximum absolute atomic E-state index is 6.22. The minimum Gasteiger partial charge on any atom is -0.477 e. The van der Waals surface area contributed by atoms with Crippen molar-refractivity contribution < 1.29 is 14.2 Å². The molecule has 2 atom stereocenters. The molecule has 0 aromatic carbocycles. The van der Waals surface area contributed by atoms with Crippen LogP contribution in [0.3, 0.4) is 0 Å². The van der Waals surface area contributed by atoms with Crippen LogP contribution in [0.2, 0.25) is 0 Å². The highest BCUT2D eigenvalue weighted by atomic mass is 16.7.